The van der Waals surface area contributed by atoms with Gasteiger partial charge in [-0.05, 0) is 53.6 Å². The Morgan fingerprint density at radius 2 is 1.00 bits per heavy atom. The van der Waals surface area contributed by atoms with Crippen LogP contribution in [0.15, 0.2) is 156 Å². The van der Waals surface area contributed by atoms with Crippen LogP contribution in [-0.2, 0) is 0 Å². The number of fused-ring (bicyclic) bond motifs is 4. The summed E-state index contributed by atoms with van der Waals surface area (Å²) in [5.41, 5.74) is 8.74. The zero-order valence-electron chi connectivity index (χ0n) is 24.6. The first-order valence-corrected chi connectivity index (χ1v) is 15.2. The average molecular weight is 592 g/mol. The lowest BCUT2D eigenvalue weighted by Gasteiger charge is -2.11. The van der Waals surface area contributed by atoms with Gasteiger partial charge in [-0.2, -0.15) is 9.97 Å². The van der Waals surface area contributed by atoms with E-state index < -0.39 is 0 Å². The second-order valence-corrected chi connectivity index (χ2v) is 11.2. The minimum atomic E-state index is 0.578. The Morgan fingerprint density at radius 1 is 0.413 bits per heavy atom. The first-order chi connectivity index (χ1) is 22.8. The number of hydrogen-bond donors (Lipinski definition) is 0. The van der Waals surface area contributed by atoms with Gasteiger partial charge in [-0.15, -0.1) is 0 Å². The molecule has 0 amide bonds. The molecule has 0 radical (unpaired) electrons. The Bertz CT molecular complexity index is 2430. The van der Waals surface area contributed by atoms with Crippen molar-refractivity contribution in [1.82, 2.24) is 24.5 Å². The normalized spacial score (nSPS) is 11.5. The van der Waals surface area contributed by atoms with Crippen LogP contribution in [0.4, 0.5) is 0 Å². The lowest BCUT2D eigenvalue weighted by Crippen LogP contribution is -2.06. The first kappa shape index (κ1) is 26.0. The van der Waals surface area contributed by atoms with E-state index in [1.54, 1.807) is 0 Å². The monoisotopic (exact) mass is 591 g/mol. The lowest BCUT2D eigenvalue weighted by molar-refractivity contribution is 0.620. The molecule has 0 unspecified atom stereocenters. The van der Waals surface area contributed by atoms with Crippen LogP contribution >= 0.6 is 0 Å². The molecule has 0 aliphatic rings. The Kier molecular flexibility index (Phi) is 6.03. The van der Waals surface area contributed by atoms with Crippen molar-refractivity contribution >= 4 is 32.9 Å². The van der Waals surface area contributed by atoms with E-state index in [0.29, 0.717) is 23.5 Å². The largest absolute Gasteiger partial charge is 0.436 e. The number of oxazole rings is 1. The lowest BCUT2D eigenvalue weighted by atomic mass is 10.0. The van der Waals surface area contributed by atoms with Crippen LogP contribution in [0.25, 0.3) is 84.2 Å². The maximum absolute atomic E-state index is 5.99. The van der Waals surface area contributed by atoms with E-state index in [4.69, 9.17) is 19.4 Å². The van der Waals surface area contributed by atoms with Crippen LogP contribution in [0.3, 0.4) is 0 Å². The number of benzene rings is 6. The van der Waals surface area contributed by atoms with E-state index in [2.05, 4.69) is 76.3 Å². The third-order valence-electron chi connectivity index (χ3n) is 8.32. The molecule has 216 valence electrons. The zero-order valence-corrected chi connectivity index (χ0v) is 24.6. The van der Waals surface area contributed by atoms with Crippen LogP contribution in [0.2, 0.25) is 0 Å². The predicted octanol–water partition coefficient (Wildman–Crippen LogP) is 9.78. The number of rotatable bonds is 5. The number of hydrogen-bond acceptors (Lipinski definition) is 5. The van der Waals surface area contributed by atoms with E-state index in [-0.39, 0.29) is 0 Å². The predicted molar refractivity (Wildman–Crippen MR) is 183 cm³/mol. The van der Waals surface area contributed by atoms with E-state index in [0.717, 1.165) is 60.7 Å². The van der Waals surface area contributed by atoms with E-state index in [9.17, 15) is 0 Å². The molecule has 3 aromatic heterocycles. The van der Waals surface area contributed by atoms with Crippen LogP contribution < -0.4 is 0 Å². The molecule has 0 aliphatic carbocycles. The summed E-state index contributed by atoms with van der Waals surface area (Å²) in [6.07, 6.45) is 0. The van der Waals surface area contributed by atoms with Crippen molar-refractivity contribution in [2.45, 2.75) is 0 Å². The SMILES string of the molecule is c1ccc(-c2nc(-c3ccccc3)nc(-n3c4ccccc4c4cc(-c5ccc(-c6nc7ccccc7o6)cc5)ccc43)n2)cc1. The highest BCUT2D eigenvalue weighted by Crippen LogP contribution is 2.35. The Morgan fingerprint density at radius 3 is 1.72 bits per heavy atom. The van der Waals surface area contributed by atoms with Crippen molar-refractivity contribution in [3.8, 4) is 51.3 Å². The quantitative estimate of drug-likeness (QED) is 0.199. The maximum atomic E-state index is 5.99. The third-order valence-corrected chi connectivity index (χ3v) is 8.32. The van der Waals surface area contributed by atoms with E-state index >= 15 is 0 Å². The minimum absolute atomic E-state index is 0.578. The zero-order chi connectivity index (χ0) is 30.5. The van der Waals surface area contributed by atoms with Crippen LogP contribution in [0.5, 0.6) is 0 Å². The molecule has 6 aromatic carbocycles. The smallest absolute Gasteiger partial charge is 0.238 e. The molecule has 0 N–H and O–H groups in total. The van der Waals surface area contributed by atoms with Crippen molar-refractivity contribution < 1.29 is 4.42 Å². The van der Waals surface area contributed by atoms with Crippen molar-refractivity contribution in [2.75, 3.05) is 0 Å². The fourth-order valence-electron chi connectivity index (χ4n) is 6.07. The molecule has 0 aliphatic heterocycles. The fourth-order valence-corrected chi connectivity index (χ4v) is 6.07. The summed E-state index contributed by atoms with van der Waals surface area (Å²) in [7, 11) is 0. The molecule has 0 atom stereocenters. The van der Waals surface area contributed by atoms with Crippen LogP contribution in [-0.4, -0.2) is 24.5 Å². The minimum Gasteiger partial charge on any atom is -0.436 e. The number of para-hydroxylation sites is 3. The van der Waals surface area contributed by atoms with Crippen molar-refractivity contribution in [2.24, 2.45) is 0 Å². The summed E-state index contributed by atoms with van der Waals surface area (Å²) < 4.78 is 8.14. The van der Waals surface area contributed by atoms with Gasteiger partial charge in [0, 0.05) is 27.5 Å². The summed E-state index contributed by atoms with van der Waals surface area (Å²) in [5, 5.41) is 2.25. The Hall–Kier alpha value is -6.40. The number of nitrogens with zero attached hydrogens (tertiary/aromatic N) is 5. The molecular formula is C40H25N5O. The first-order valence-electron chi connectivity index (χ1n) is 15.2. The van der Waals surface area contributed by atoms with Gasteiger partial charge in [0.25, 0.3) is 0 Å². The summed E-state index contributed by atoms with van der Waals surface area (Å²) >= 11 is 0. The highest BCUT2D eigenvalue weighted by atomic mass is 16.3. The molecule has 0 saturated heterocycles. The highest BCUT2D eigenvalue weighted by molar-refractivity contribution is 6.10. The molecule has 9 rings (SSSR count). The molecule has 6 heteroatoms. The Labute approximate surface area is 264 Å². The molecule has 0 saturated carbocycles. The van der Waals surface area contributed by atoms with Gasteiger partial charge in [0.1, 0.15) is 5.52 Å². The van der Waals surface area contributed by atoms with Crippen LogP contribution in [0, 0.1) is 0 Å². The Balaban J connectivity index is 1.18. The summed E-state index contributed by atoms with van der Waals surface area (Å²) in [6, 6.07) is 51.3. The van der Waals surface area contributed by atoms with Crippen molar-refractivity contribution in [3.63, 3.8) is 0 Å². The molecule has 0 spiro atoms. The van der Waals surface area contributed by atoms with Gasteiger partial charge in [-0.3, -0.25) is 4.57 Å². The second kappa shape index (κ2) is 10.6. The fraction of sp³-hybridized carbons (Fsp3) is 0. The molecule has 9 aromatic rings. The van der Waals surface area contributed by atoms with E-state index in [1.165, 1.54) is 0 Å². The number of aromatic nitrogens is 5. The standard InChI is InChI=1S/C40H25N5O/c1-3-11-27(12-4-1)37-42-38(28-13-5-2-6-14-28)44-40(43-37)45-34-17-9-7-15-31(34)32-25-30(23-24-35(32)45)26-19-21-29(22-20-26)39-41-33-16-8-10-18-36(33)46-39/h1-25H. The molecule has 6 nitrogen and oxygen atoms in total. The summed E-state index contributed by atoms with van der Waals surface area (Å²) in [5.74, 6) is 2.46. The van der Waals surface area contributed by atoms with Gasteiger partial charge in [-0.25, -0.2) is 9.97 Å². The van der Waals surface area contributed by atoms with Gasteiger partial charge >= 0.3 is 0 Å². The highest BCUT2D eigenvalue weighted by Gasteiger charge is 2.18. The van der Waals surface area contributed by atoms with E-state index in [1.807, 2.05) is 84.9 Å². The van der Waals surface area contributed by atoms with Crippen molar-refractivity contribution in [1.29, 1.82) is 0 Å². The van der Waals surface area contributed by atoms with Gasteiger partial charge < -0.3 is 4.42 Å². The average Bonchev–Trinajstić information content (AvgIpc) is 3.72. The molecule has 3 heterocycles. The van der Waals surface area contributed by atoms with Crippen LogP contribution in [0.1, 0.15) is 0 Å². The van der Waals surface area contributed by atoms with Gasteiger partial charge in [0.15, 0.2) is 17.2 Å². The second-order valence-electron chi connectivity index (χ2n) is 11.2. The van der Waals surface area contributed by atoms with Gasteiger partial charge in [0.05, 0.1) is 11.0 Å². The summed E-state index contributed by atoms with van der Waals surface area (Å²) in [6.45, 7) is 0. The molecule has 0 fully saturated rings. The van der Waals surface area contributed by atoms with Gasteiger partial charge in [-0.1, -0.05) is 109 Å². The van der Waals surface area contributed by atoms with Gasteiger partial charge in [0.2, 0.25) is 11.8 Å². The topological polar surface area (TPSA) is 69.6 Å². The van der Waals surface area contributed by atoms with Crippen molar-refractivity contribution in [3.05, 3.63) is 152 Å². The third kappa shape index (κ3) is 4.43. The molecular weight excluding hydrogens is 566 g/mol. The maximum Gasteiger partial charge on any atom is 0.238 e. The molecule has 0 bridgehead atoms. The summed E-state index contributed by atoms with van der Waals surface area (Å²) in [4.78, 5) is 19.6. The molecule has 46 heavy (non-hydrogen) atoms.